The summed E-state index contributed by atoms with van der Waals surface area (Å²) >= 11 is 1.41. The molecule has 0 saturated heterocycles. The van der Waals surface area contributed by atoms with Crippen LogP contribution in [0.2, 0.25) is 0 Å². The van der Waals surface area contributed by atoms with Crippen LogP contribution in [0.3, 0.4) is 0 Å². The maximum absolute atomic E-state index is 13.2. The first-order valence-corrected chi connectivity index (χ1v) is 11.7. The van der Waals surface area contributed by atoms with Crippen LogP contribution in [0.5, 0.6) is 0 Å². The molecule has 1 aromatic heterocycles. The Morgan fingerprint density at radius 3 is 2.36 bits per heavy atom. The molecule has 150 valence electrons. The van der Waals surface area contributed by atoms with Gasteiger partial charge in [-0.3, -0.25) is 13.5 Å². The predicted molar refractivity (Wildman–Crippen MR) is 114 cm³/mol. The minimum absolute atomic E-state index is 0.0133. The van der Waals surface area contributed by atoms with Gasteiger partial charge < -0.3 is 5.32 Å². The Bertz CT molecular complexity index is 924. The summed E-state index contributed by atoms with van der Waals surface area (Å²) in [5.74, 6) is 2.63. The molecule has 4 bridgehead atoms. The fourth-order valence-electron chi connectivity index (χ4n) is 6.82. The van der Waals surface area contributed by atoms with E-state index in [9.17, 15) is 9.59 Å². The highest BCUT2D eigenvalue weighted by atomic mass is 32.1. The van der Waals surface area contributed by atoms with Gasteiger partial charge in [-0.25, -0.2) is 0 Å². The number of rotatable bonds is 5. The van der Waals surface area contributed by atoms with E-state index in [1.54, 1.807) is 3.96 Å². The Kier molecular flexibility index (Phi) is 4.42. The average molecular weight is 399 g/mol. The molecule has 0 unspecified atom stereocenters. The quantitative estimate of drug-likeness (QED) is 0.791. The Balaban J connectivity index is 1.38. The van der Waals surface area contributed by atoms with Gasteiger partial charge in [0.25, 0.3) is 5.56 Å². The van der Waals surface area contributed by atoms with E-state index in [1.807, 2.05) is 31.2 Å². The van der Waals surface area contributed by atoms with Crippen LogP contribution >= 0.6 is 11.5 Å². The first-order valence-electron chi connectivity index (χ1n) is 10.9. The standard InChI is InChI=1S/C23H30N2O2S/c1-3-19(25-22(27)18-6-4-5-7-20(18)28-25)21(26)24-14(2)23-11-15-8-16(12-23)10-17(9-15)13-23/h4-7,14-17,19H,3,8-13H2,1-2H3,(H,24,26)/t14-,15?,16?,17?,19+,23?/m1/s1. The molecule has 0 aliphatic heterocycles. The van der Waals surface area contributed by atoms with Crippen LogP contribution < -0.4 is 10.9 Å². The third-order valence-corrected chi connectivity index (χ3v) is 9.02. The van der Waals surface area contributed by atoms with Crippen molar-refractivity contribution in [3.8, 4) is 0 Å². The van der Waals surface area contributed by atoms with Gasteiger partial charge in [0.1, 0.15) is 6.04 Å². The second kappa shape index (κ2) is 6.72. The van der Waals surface area contributed by atoms with Gasteiger partial charge in [-0.2, -0.15) is 0 Å². The number of hydrogen-bond donors (Lipinski definition) is 1. The van der Waals surface area contributed by atoms with Crippen LogP contribution in [0.1, 0.15) is 64.8 Å². The van der Waals surface area contributed by atoms with Crippen LogP contribution in [-0.4, -0.2) is 15.9 Å². The lowest BCUT2D eigenvalue weighted by Crippen LogP contribution is -2.56. The molecule has 4 aliphatic rings. The Hall–Kier alpha value is -1.62. The zero-order valence-corrected chi connectivity index (χ0v) is 17.6. The molecule has 28 heavy (non-hydrogen) atoms. The highest BCUT2D eigenvalue weighted by Gasteiger charge is 2.53. The van der Waals surface area contributed by atoms with Gasteiger partial charge in [0, 0.05) is 6.04 Å². The molecular weight excluding hydrogens is 368 g/mol. The number of carbonyl (C=O) groups excluding carboxylic acids is 1. The number of nitrogens with zero attached hydrogens (tertiary/aromatic N) is 1. The number of aromatic nitrogens is 1. The van der Waals surface area contributed by atoms with Gasteiger partial charge >= 0.3 is 0 Å². The van der Waals surface area contributed by atoms with E-state index in [-0.39, 0.29) is 22.9 Å². The first-order chi connectivity index (χ1) is 13.5. The van der Waals surface area contributed by atoms with Gasteiger partial charge in [0.05, 0.1) is 10.1 Å². The highest BCUT2D eigenvalue weighted by molar-refractivity contribution is 7.14. The third kappa shape index (κ3) is 2.85. The summed E-state index contributed by atoms with van der Waals surface area (Å²) < 4.78 is 2.64. The Morgan fingerprint density at radius 1 is 1.18 bits per heavy atom. The number of benzene rings is 1. The van der Waals surface area contributed by atoms with Crippen molar-refractivity contribution in [1.82, 2.24) is 9.27 Å². The summed E-state index contributed by atoms with van der Waals surface area (Å²) in [6.07, 6.45) is 8.70. The van der Waals surface area contributed by atoms with Crippen molar-refractivity contribution >= 4 is 27.5 Å². The van der Waals surface area contributed by atoms with E-state index in [4.69, 9.17) is 0 Å². The summed E-state index contributed by atoms with van der Waals surface area (Å²) in [7, 11) is 0. The molecule has 4 nitrogen and oxygen atoms in total. The van der Waals surface area contributed by atoms with Crippen molar-refractivity contribution in [2.24, 2.45) is 23.2 Å². The summed E-state index contributed by atoms with van der Waals surface area (Å²) in [5, 5.41) is 4.08. The number of carbonyl (C=O) groups is 1. The van der Waals surface area contributed by atoms with Gasteiger partial charge in [0.15, 0.2) is 0 Å². The van der Waals surface area contributed by atoms with Crippen LogP contribution in [0.15, 0.2) is 29.1 Å². The molecule has 6 rings (SSSR count). The molecule has 1 heterocycles. The molecule has 0 spiro atoms. The zero-order chi connectivity index (χ0) is 19.5. The molecule has 1 aromatic carbocycles. The second-order valence-corrected chi connectivity index (χ2v) is 10.7. The van der Waals surface area contributed by atoms with Crippen molar-refractivity contribution < 1.29 is 4.79 Å². The number of amides is 1. The number of fused-ring (bicyclic) bond motifs is 1. The maximum atomic E-state index is 13.2. The molecule has 0 radical (unpaired) electrons. The molecule has 1 amide bonds. The molecule has 4 aliphatic carbocycles. The molecule has 2 aromatic rings. The average Bonchev–Trinajstić information content (AvgIpc) is 2.98. The Labute approximate surface area is 170 Å². The van der Waals surface area contributed by atoms with Gasteiger partial charge in [-0.05, 0) is 87.2 Å². The smallest absolute Gasteiger partial charge is 0.269 e. The van der Waals surface area contributed by atoms with Crippen molar-refractivity contribution in [3.05, 3.63) is 34.6 Å². The van der Waals surface area contributed by atoms with Crippen LogP contribution in [0.25, 0.3) is 10.1 Å². The van der Waals surface area contributed by atoms with Crippen LogP contribution in [-0.2, 0) is 4.79 Å². The topological polar surface area (TPSA) is 51.1 Å². The van der Waals surface area contributed by atoms with Gasteiger partial charge in [0.2, 0.25) is 5.91 Å². The van der Waals surface area contributed by atoms with E-state index in [0.29, 0.717) is 11.8 Å². The van der Waals surface area contributed by atoms with E-state index >= 15 is 0 Å². The molecule has 4 saturated carbocycles. The van der Waals surface area contributed by atoms with Crippen molar-refractivity contribution in [3.63, 3.8) is 0 Å². The van der Waals surface area contributed by atoms with Gasteiger partial charge in [-0.1, -0.05) is 30.6 Å². The van der Waals surface area contributed by atoms with Crippen molar-refractivity contribution in [1.29, 1.82) is 0 Å². The van der Waals surface area contributed by atoms with E-state index < -0.39 is 6.04 Å². The molecule has 2 atom stereocenters. The van der Waals surface area contributed by atoms with E-state index in [0.717, 1.165) is 22.5 Å². The predicted octanol–water partition coefficient (Wildman–Crippen LogP) is 4.74. The summed E-state index contributed by atoms with van der Waals surface area (Å²) in [6.45, 7) is 4.21. The van der Waals surface area contributed by atoms with E-state index in [1.165, 1.54) is 50.1 Å². The monoisotopic (exact) mass is 398 g/mol. The minimum Gasteiger partial charge on any atom is -0.351 e. The van der Waals surface area contributed by atoms with Crippen molar-refractivity contribution in [2.75, 3.05) is 0 Å². The lowest BCUT2D eigenvalue weighted by atomic mass is 9.48. The third-order valence-electron chi connectivity index (χ3n) is 7.85. The SMILES string of the molecule is CC[C@@H](C(=O)N[C@H](C)C12CC3CC(CC(C3)C1)C2)n1sc2ccccc2c1=O. The summed E-state index contributed by atoms with van der Waals surface area (Å²) in [4.78, 5) is 26.1. The molecule has 4 fully saturated rings. The highest BCUT2D eigenvalue weighted by Crippen LogP contribution is 2.61. The number of nitrogens with one attached hydrogen (secondary N) is 1. The molecular formula is C23H30N2O2S. The summed E-state index contributed by atoms with van der Waals surface area (Å²) in [5.41, 5.74) is 0.249. The summed E-state index contributed by atoms with van der Waals surface area (Å²) in [6, 6.07) is 7.41. The normalized spacial score (nSPS) is 33.1. The van der Waals surface area contributed by atoms with E-state index in [2.05, 4.69) is 12.2 Å². The molecule has 5 heteroatoms. The largest absolute Gasteiger partial charge is 0.351 e. The van der Waals surface area contributed by atoms with Gasteiger partial charge in [-0.15, -0.1) is 0 Å². The zero-order valence-electron chi connectivity index (χ0n) is 16.8. The molecule has 1 N–H and O–H groups in total. The van der Waals surface area contributed by atoms with Crippen LogP contribution in [0, 0.1) is 23.2 Å². The Morgan fingerprint density at radius 2 is 1.79 bits per heavy atom. The lowest BCUT2D eigenvalue weighted by Gasteiger charge is -2.59. The second-order valence-electron chi connectivity index (χ2n) is 9.65. The first kappa shape index (κ1) is 18.4. The minimum atomic E-state index is -0.415. The maximum Gasteiger partial charge on any atom is 0.269 e. The lowest BCUT2D eigenvalue weighted by molar-refractivity contribution is -0.129. The van der Waals surface area contributed by atoms with Crippen LogP contribution in [0.4, 0.5) is 0 Å². The van der Waals surface area contributed by atoms with Crippen molar-refractivity contribution in [2.45, 2.75) is 70.9 Å². The number of hydrogen-bond acceptors (Lipinski definition) is 3. The fourth-order valence-corrected chi connectivity index (χ4v) is 7.98. The fraction of sp³-hybridized carbons (Fsp3) is 0.652.